The highest BCUT2D eigenvalue weighted by molar-refractivity contribution is 5.49. The van der Waals surface area contributed by atoms with Gasteiger partial charge in [0.05, 0.1) is 5.69 Å². The van der Waals surface area contributed by atoms with E-state index >= 15 is 0 Å². The lowest BCUT2D eigenvalue weighted by molar-refractivity contribution is 0.398. The van der Waals surface area contributed by atoms with E-state index in [0.29, 0.717) is 12.1 Å². The largest absolute Gasteiger partial charge is 0.369 e. The number of rotatable bonds is 5. The second-order valence-electron chi connectivity index (χ2n) is 5.52. The minimum absolute atomic E-state index is 0.104. The Hall–Kier alpha value is -1.09. The number of nitrogens with zero attached hydrogens (tertiary/aromatic N) is 1. The van der Waals surface area contributed by atoms with Gasteiger partial charge in [-0.1, -0.05) is 19.9 Å². The normalized spacial score (nSPS) is 15.8. The van der Waals surface area contributed by atoms with Crippen molar-refractivity contribution in [3.05, 3.63) is 29.6 Å². The maximum absolute atomic E-state index is 14.1. The molecule has 3 heteroatoms. The van der Waals surface area contributed by atoms with Crippen LogP contribution in [0.15, 0.2) is 18.2 Å². The molecule has 2 rings (SSSR count). The molecular weight excluding hydrogens is 227 g/mol. The Kier molecular flexibility index (Phi) is 4.23. The first-order chi connectivity index (χ1) is 8.58. The summed E-state index contributed by atoms with van der Waals surface area (Å²) in [5, 5.41) is 3.30. The summed E-state index contributed by atoms with van der Waals surface area (Å²) in [4.78, 5) is 2.08. The molecule has 100 valence electrons. The van der Waals surface area contributed by atoms with E-state index < -0.39 is 0 Å². The van der Waals surface area contributed by atoms with Crippen LogP contribution in [-0.4, -0.2) is 19.1 Å². The minimum atomic E-state index is -0.104. The van der Waals surface area contributed by atoms with E-state index in [9.17, 15) is 4.39 Å². The molecule has 1 N–H and O–H groups in total. The Balaban J connectivity index is 2.04. The summed E-state index contributed by atoms with van der Waals surface area (Å²) >= 11 is 0. The highest BCUT2D eigenvalue weighted by Gasteiger charge is 2.23. The van der Waals surface area contributed by atoms with Crippen molar-refractivity contribution in [2.45, 2.75) is 51.7 Å². The lowest BCUT2D eigenvalue weighted by Gasteiger charge is -2.36. The fraction of sp³-hybridized carbons (Fsp3) is 0.600. The third kappa shape index (κ3) is 3.02. The Bertz CT molecular complexity index is 399. The molecule has 0 unspecified atom stereocenters. The zero-order valence-electron chi connectivity index (χ0n) is 11.5. The van der Waals surface area contributed by atoms with E-state index in [-0.39, 0.29) is 5.82 Å². The van der Waals surface area contributed by atoms with Crippen LogP contribution in [0.1, 0.15) is 38.7 Å². The third-order valence-electron chi connectivity index (χ3n) is 3.73. The summed E-state index contributed by atoms with van der Waals surface area (Å²) in [6.07, 6.45) is 3.65. The SMILES string of the molecule is CC(C)NCc1ccc(N(C)C2CCC2)c(F)c1. The smallest absolute Gasteiger partial charge is 0.146 e. The van der Waals surface area contributed by atoms with Crippen molar-refractivity contribution in [3.63, 3.8) is 0 Å². The number of hydrogen-bond acceptors (Lipinski definition) is 2. The van der Waals surface area contributed by atoms with Crippen molar-refractivity contribution < 1.29 is 4.39 Å². The highest BCUT2D eigenvalue weighted by atomic mass is 19.1. The first-order valence-corrected chi connectivity index (χ1v) is 6.82. The number of anilines is 1. The van der Waals surface area contributed by atoms with E-state index in [1.807, 2.05) is 19.2 Å². The average Bonchev–Trinajstić information content (AvgIpc) is 2.23. The molecule has 1 saturated carbocycles. The molecule has 0 spiro atoms. The molecule has 0 aromatic heterocycles. The topological polar surface area (TPSA) is 15.3 Å². The van der Waals surface area contributed by atoms with E-state index in [2.05, 4.69) is 24.1 Å². The molecular formula is C15H23FN2. The van der Waals surface area contributed by atoms with Gasteiger partial charge in [-0.25, -0.2) is 4.39 Å². The van der Waals surface area contributed by atoms with Crippen molar-refractivity contribution in [2.24, 2.45) is 0 Å². The first-order valence-electron chi connectivity index (χ1n) is 6.82. The summed E-state index contributed by atoms with van der Waals surface area (Å²) in [5.41, 5.74) is 1.74. The number of benzene rings is 1. The molecule has 1 aliphatic rings. The highest BCUT2D eigenvalue weighted by Crippen LogP contribution is 2.30. The van der Waals surface area contributed by atoms with Gasteiger partial charge in [0.1, 0.15) is 5.82 Å². The Morgan fingerprint density at radius 1 is 1.39 bits per heavy atom. The van der Waals surface area contributed by atoms with Crippen molar-refractivity contribution in [2.75, 3.05) is 11.9 Å². The summed E-state index contributed by atoms with van der Waals surface area (Å²) in [6, 6.07) is 6.53. The van der Waals surface area contributed by atoms with Crippen LogP contribution >= 0.6 is 0 Å². The van der Waals surface area contributed by atoms with E-state index in [4.69, 9.17) is 0 Å². The molecule has 0 bridgehead atoms. The fourth-order valence-electron chi connectivity index (χ4n) is 2.24. The first kappa shape index (κ1) is 13.3. The van der Waals surface area contributed by atoms with Gasteiger partial charge in [0.15, 0.2) is 0 Å². The van der Waals surface area contributed by atoms with Crippen LogP contribution in [0.3, 0.4) is 0 Å². The molecule has 0 aliphatic heterocycles. The van der Waals surface area contributed by atoms with Gasteiger partial charge in [0.2, 0.25) is 0 Å². The van der Waals surface area contributed by atoms with Gasteiger partial charge in [-0.15, -0.1) is 0 Å². The summed E-state index contributed by atoms with van der Waals surface area (Å²) < 4.78 is 14.1. The van der Waals surface area contributed by atoms with Crippen LogP contribution in [0.2, 0.25) is 0 Å². The van der Waals surface area contributed by atoms with Crippen LogP contribution in [0.4, 0.5) is 10.1 Å². The van der Waals surface area contributed by atoms with E-state index in [1.165, 1.54) is 19.3 Å². The van der Waals surface area contributed by atoms with Crippen LogP contribution in [0.25, 0.3) is 0 Å². The van der Waals surface area contributed by atoms with Gasteiger partial charge in [0.25, 0.3) is 0 Å². The molecule has 1 aromatic rings. The Morgan fingerprint density at radius 2 is 2.11 bits per heavy atom. The third-order valence-corrected chi connectivity index (χ3v) is 3.73. The van der Waals surface area contributed by atoms with Crippen LogP contribution in [0.5, 0.6) is 0 Å². The van der Waals surface area contributed by atoms with Crippen molar-refractivity contribution in [1.29, 1.82) is 0 Å². The standard InChI is InChI=1S/C15H23FN2/c1-11(2)17-10-12-7-8-15(14(16)9-12)18(3)13-5-4-6-13/h7-9,11,13,17H,4-6,10H2,1-3H3. The molecule has 1 aliphatic carbocycles. The molecule has 0 atom stereocenters. The summed E-state index contributed by atoms with van der Waals surface area (Å²) in [7, 11) is 1.99. The second kappa shape index (κ2) is 5.70. The maximum Gasteiger partial charge on any atom is 0.146 e. The van der Waals surface area contributed by atoms with E-state index in [1.54, 1.807) is 6.07 Å². The van der Waals surface area contributed by atoms with Crippen LogP contribution < -0.4 is 10.2 Å². The average molecular weight is 250 g/mol. The van der Waals surface area contributed by atoms with Crippen molar-refractivity contribution in [3.8, 4) is 0 Å². The number of nitrogens with one attached hydrogen (secondary N) is 1. The number of hydrogen-bond donors (Lipinski definition) is 1. The second-order valence-corrected chi connectivity index (χ2v) is 5.52. The van der Waals surface area contributed by atoms with Gasteiger partial charge < -0.3 is 10.2 Å². The van der Waals surface area contributed by atoms with Crippen molar-refractivity contribution >= 4 is 5.69 Å². The molecule has 18 heavy (non-hydrogen) atoms. The summed E-state index contributed by atoms with van der Waals surface area (Å²) in [5.74, 6) is -0.104. The van der Waals surface area contributed by atoms with Crippen LogP contribution in [0, 0.1) is 5.82 Å². The monoisotopic (exact) mass is 250 g/mol. The molecule has 0 radical (unpaired) electrons. The maximum atomic E-state index is 14.1. The zero-order chi connectivity index (χ0) is 13.1. The zero-order valence-corrected chi connectivity index (χ0v) is 11.5. The molecule has 0 saturated heterocycles. The lowest BCUT2D eigenvalue weighted by atomic mass is 9.91. The van der Waals surface area contributed by atoms with E-state index in [0.717, 1.165) is 17.8 Å². The van der Waals surface area contributed by atoms with Gasteiger partial charge >= 0.3 is 0 Å². The van der Waals surface area contributed by atoms with Gasteiger partial charge in [-0.05, 0) is 37.0 Å². The van der Waals surface area contributed by atoms with Gasteiger partial charge in [0, 0.05) is 25.7 Å². The molecule has 1 aromatic carbocycles. The predicted octanol–water partition coefficient (Wildman–Crippen LogP) is 3.31. The Morgan fingerprint density at radius 3 is 2.61 bits per heavy atom. The molecule has 1 fully saturated rings. The minimum Gasteiger partial charge on any atom is -0.369 e. The molecule has 2 nitrogen and oxygen atoms in total. The summed E-state index contributed by atoms with van der Waals surface area (Å²) in [6.45, 7) is 4.91. The van der Waals surface area contributed by atoms with Gasteiger partial charge in [-0.3, -0.25) is 0 Å². The molecule has 0 amide bonds. The lowest BCUT2D eigenvalue weighted by Crippen LogP contribution is -2.37. The Labute approximate surface area is 109 Å². The van der Waals surface area contributed by atoms with Crippen molar-refractivity contribution in [1.82, 2.24) is 5.32 Å². The van der Waals surface area contributed by atoms with Crippen LogP contribution in [-0.2, 0) is 6.54 Å². The quantitative estimate of drug-likeness (QED) is 0.862. The molecule has 0 heterocycles. The predicted molar refractivity (Wildman–Crippen MR) is 74.4 cm³/mol. The fourth-order valence-corrected chi connectivity index (χ4v) is 2.24. The van der Waals surface area contributed by atoms with Gasteiger partial charge in [-0.2, -0.15) is 0 Å². The number of halogens is 1.